The largest absolute Gasteiger partial charge is 0.317 e. The highest BCUT2D eigenvalue weighted by atomic mass is 35.5. The van der Waals surface area contributed by atoms with Crippen LogP contribution in [0.25, 0.3) is 0 Å². The maximum Gasteiger partial charge on any atom is 0.141 e. The molecular formula is C18H13Cl2N5. The zero-order valence-electron chi connectivity index (χ0n) is 13.0. The van der Waals surface area contributed by atoms with Crippen LogP contribution in [0.4, 0.5) is 0 Å². The van der Waals surface area contributed by atoms with Crippen molar-refractivity contribution in [3.63, 3.8) is 0 Å². The molecule has 0 amide bonds. The normalized spacial score (nSPS) is 11.6. The number of benzene rings is 2. The topological polar surface area (TPSA) is 59.4 Å². The lowest BCUT2D eigenvalue weighted by Gasteiger charge is -2.34. The van der Waals surface area contributed by atoms with Crippen molar-refractivity contribution < 1.29 is 0 Å². The van der Waals surface area contributed by atoms with Gasteiger partial charge in [0.05, 0.1) is 12.5 Å². The van der Waals surface area contributed by atoms with Crippen LogP contribution >= 0.6 is 23.2 Å². The van der Waals surface area contributed by atoms with E-state index in [4.69, 9.17) is 23.2 Å². The number of rotatable bonds is 4. The quantitative estimate of drug-likeness (QED) is 0.587. The van der Waals surface area contributed by atoms with Crippen molar-refractivity contribution in [1.29, 1.82) is 0 Å². The van der Waals surface area contributed by atoms with Crippen LogP contribution in [0.3, 0.4) is 0 Å². The van der Waals surface area contributed by atoms with Crippen LogP contribution in [-0.4, -0.2) is 25.0 Å². The SMILES string of the molecule is Clc1ccc(C(c2ccc(Cl)cc2)(c2cn[nH]n2)n2ccnc2)cc1. The number of hydrogen-bond donors (Lipinski definition) is 1. The fraction of sp³-hybridized carbons (Fsp3) is 0.0556. The molecule has 25 heavy (non-hydrogen) atoms. The third-order valence-corrected chi connectivity index (χ3v) is 4.71. The molecule has 0 fully saturated rings. The van der Waals surface area contributed by atoms with Crippen LogP contribution in [0, 0.1) is 0 Å². The lowest BCUT2D eigenvalue weighted by molar-refractivity contribution is 0.498. The van der Waals surface area contributed by atoms with E-state index in [1.54, 1.807) is 18.7 Å². The monoisotopic (exact) mass is 369 g/mol. The molecule has 4 aromatic rings. The fourth-order valence-electron chi connectivity index (χ4n) is 3.11. The number of aromatic amines is 1. The molecule has 7 heteroatoms. The Labute approximate surface area is 154 Å². The van der Waals surface area contributed by atoms with Gasteiger partial charge in [-0.2, -0.15) is 15.4 Å². The first-order valence-electron chi connectivity index (χ1n) is 7.58. The van der Waals surface area contributed by atoms with Gasteiger partial charge in [0.2, 0.25) is 0 Å². The molecule has 5 nitrogen and oxygen atoms in total. The van der Waals surface area contributed by atoms with E-state index in [1.807, 2.05) is 59.3 Å². The van der Waals surface area contributed by atoms with Crippen molar-refractivity contribution in [2.75, 3.05) is 0 Å². The van der Waals surface area contributed by atoms with Crippen LogP contribution in [0.15, 0.2) is 73.4 Å². The second kappa shape index (κ2) is 6.35. The summed E-state index contributed by atoms with van der Waals surface area (Å²) in [6.45, 7) is 0. The highest BCUT2D eigenvalue weighted by Crippen LogP contribution is 2.40. The van der Waals surface area contributed by atoms with Crippen molar-refractivity contribution in [3.05, 3.63) is 100 Å². The fourth-order valence-corrected chi connectivity index (χ4v) is 3.36. The zero-order chi connectivity index (χ0) is 17.3. The molecule has 124 valence electrons. The van der Waals surface area contributed by atoms with E-state index in [0.717, 1.165) is 16.8 Å². The van der Waals surface area contributed by atoms with Crippen LogP contribution in [0.1, 0.15) is 16.8 Å². The van der Waals surface area contributed by atoms with Gasteiger partial charge in [-0.25, -0.2) is 4.98 Å². The van der Waals surface area contributed by atoms with Gasteiger partial charge >= 0.3 is 0 Å². The van der Waals surface area contributed by atoms with Gasteiger partial charge < -0.3 is 4.57 Å². The van der Waals surface area contributed by atoms with Gasteiger partial charge in [0.15, 0.2) is 0 Å². The van der Waals surface area contributed by atoms with E-state index in [1.165, 1.54) is 0 Å². The standard InChI is InChI=1S/C18H13Cl2N5/c19-15-5-1-13(2-6-15)18(17-11-22-24-23-17,25-10-9-21-12-25)14-3-7-16(20)8-4-14/h1-12H,(H,22,23,24). The average molecular weight is 370 g/mol. The van der Waals surface area contributed by atoms with E-state index < -0.39 is 5.54 Å². The summed E-state index contributed by atoms with van der Waals surface area (Å²) < 4.78 is 2.00. The Morgan fingerprint density at radius 1 is 0.880 bits per heavy atom. The number of nitrogens with one attached hydrogen (secondary N) is 1. The van der Waals surface area contributed by atoms with Gasteiger partial charge in [-0.05, 0) is 35.4 Å². The molecule has 0 radical (unpaired) electrons. The highest BCUT2D eigenvalue weighted by Gasteiger charge is 2.40. The highest BCUT2D eigenvalue weighted by molar-refractivity contribution is 6.30. The predicted molar refractivity (Wildman–Crippen MR) is 96.8 cm³/mol. The van der Waals surface area contributed by atoms with Gasteiger partial charge in [-0.1, -0.05) is 47.5 Å². The molecular weight excluding hydrogens is 357 g/mol. The maximum atomic E-state index is 6.11. The second-order valence-electron chi connectivity index (χ2n) is 5.55. The Bertz CT molecular complexity index is 864. The van der Waals surface area contributed by atoms with Crippen LogP contribution in [-0.2, 0) is 5.54 Å². The zero-order valence-corrected chi connectivity index (χ0v) is 14.5. The first-order valence-corrected chi connectivity index (χ1v) is 8.33. The first kappa shape index (κ1) is 15.9. The molecule has 0 aliphatic carbocycles. The molecule has 0 saturated heterocycles. The molecule has 0 bridgehead atoms. The Hall–Kier alpha value is -2.63. The molecule has 4 rings (SSSR count). The summed E-state index contributed by atoms with van der Waals surface area (Å²) in [4.78, 5) is 4.24. The molecule has 0 saturated carbocycles. The third kappa shape index (κ3) is 2.62. The average Bonchev–Trinajstić information content (AvgIpc) is 3.33. The van der Waals surface area contributed by atoms with E-state index in [2.05, 4.69) is 20.4 Å². The maximum absolute atomic E-state index is 6.11. The van der Waals surface area contributed by atoms with Crippen molar-refractivity contribution in [2.45, 2.75) is 5.54 Å². The third-order valence-electron chi connectivity index (χ3n) is 4.20. The number of imidazole rings is 1. The van der Waals surface area contributed by atoms with Crippen molar-refractivity contribution in [3.8, 4) is 0 Å². The summed E-state index contributed by atoms with van der Waals surface area (Å²) in [5, 5.41) is 12.5. The number of aromatic nitrogens is 5. The number of nitrogens with zero attached hydrogens (tertiary/aromatic N) is 4. The molecule has 2 aromatic carbocycles. The van der Waals surface area contributed by atoms with E-state index in [-0.39, 0.29) is 0 Å². The molecule has 0 aliphatic rings. The molecule has 0 atom stereocenters. The van der Waals surface area contributed by atoms with Gasteiger partial charge in [-0.15, -0.1) is 0 Å². The van der Waals surface area contributed by atoms with Gasteiger partial charge in [0, 0.05) is 22.4 Å². The lowest BCUT2D eigenvalue weighted by Crippen LogP contribution is -2.37. The minimum absolute atomic E-state index is 0.666. The van der Waals surface area contributed by atoms with Gasteiger partial charge in [-0.3, -0.25) is 0 Å². The number of H-pyrrole nitrogens is 1. The van der Waals surface area contributed by atoms with Gasteiger partial charge in [0.1, 0.15) is 11.2 Å². The predicted octanol–water partition coefficient (Wildman–Crippen LogP) is 4.15. The first-order chi connectivity index (χ1) is 12.2. The molecule has 0 aliphatic heterocycles. The summed E-state index contributed by atoms with van der Waals surface area (Å²) in [6.07, 6.45) is 7.11. The minimum Gasteiger partial charge on any atom is -0.317 e. The Morgan fingerprint density at radius 3 is 1.92 bits per heavy atom. The smallest absolute Gasteiger partial charge is 0.141 e. The van der Waals surface area contributed by atoms with E-state index in [0.29, 0.717) is 10.0 Å². The Balaban J connectivity index is 2.08. The van der Waals surface area contributed by atoms with E-state index in [9.17, 15) is 0 Å². The van der Waals surface area contributed by atoms with Crippen molar-refractivity contribution >= 4 is 23.2 Å². The summed E-state index contributed by atoms with van der Waals surface area (Å²) in [5.41, 5.74) is 1.94. The summed E-state index contributed by atoms with van der Waals surface area (Å²) in [6, 6.07) is 15.3. The molecule has 2 aromatic heterocycles. The number of hydrogen-bond acceptors (Lipinski definition) is 3. The Kier molecular flexibility index (Phi) is 4.03. The lowest BCUT2D eigenvalue weighted by atomic mass is 9.80. The molecule has 1 N–H and O–H groups in total. The molecule has 0 unspecified atom stereocenters. The molecule has 0 spiro atoms. The van der Waals surface area contributed by atoms with Crippen LogP contribution in [0.2, 0.25) is 10.0 Å². The van der Waals surface area contributed by atoms with Crippen molar-refractivity contribution in [2.24, 2.45) is 0 Å². The minimum atomic E-state index is -0.751. The number of halogens is 2. The van der Waals surface area contributed by atoms with Crippen molar-refractivity contribution in [1.82, 2.24) is 25.0 Å². The second-order valence-corrected chi connectivity index (χ2v) is 6.42. The summed E-state index contributed by atoms with van der Waals surface area (Å²) in [7, 11) is 0. The van der Waals surface area contributed by atoms with E-state index >= 15 is 0 Å². The Morgan fingerprint density at radius 2 is 1.48 bits per heavy atom. The van der Waals surface area contributed by atoms with Crippen LogP contribution in [0.5, 0.6) is 0 Å². The molecule has 2 heterocycles. The van der Waals surface area contributed by atoms with Gasteiger partial charge in [0.25, 0.3) is 0 Å². The summed E-state index contributed by atoms with van der Waals surface area (Å²) >= 11 is 12.2. The summed E-state index contributed by atoms with van der Waals surface area (Å²) in [5.74, 6) is 0. The van der Waals surface area contributed by atoms with Crippen LogP contribution < -0.4 is 0 Å².